The SMILES string of the molecule is N=C(N)C1CN(C(=O)OCc2ccccc2)CCN1CCC(=O)Nc1cccc(C(=O)NCC(=O)OCc2ccccc2)c1. The van der Waals surface area contributed by atoms with Crippen molar-refractivity contribution in [1.82, 2.24) is 15.1 Å². The minimum absolute atomic E-state index is 0.103. The zero-order valence-electron chi connectivity index (χ0n) is 24.2. The van der Waals surface area contributed by atoms with E-state index in [1.807, 2.05) is 65.6 Å². The third kappa shape index (κ3) is 9.66. The maximum absolute atomic E-state index is 12.7. The summed E-state index contributed by atoms with van der Waals surface area (Å²) >= 11 is 0. The summed E-state index contributed by atoms with van der Waals surface area (Å²) < 4.78 is 10.6. The molecule has 4 rings (SSSR count). The third-order valence-corrected chi connectivity index (χ3v) is 6.98. The minimum Gasteiger partial charge on any atom is -0.460 e. The lowest BCUT2D eigenvalue weighted by Gasteiger charge is -2.40. The van der Waals surface area contributed by atoms with Crippen molar-refractivity contribution in [2.45, 2.75) is 25.7 Å². The first kappa shape index (κ1) is 31.7. The zero-order chi connectivity index (χ0) is 31.3. The fourth-order valence-corrected chi connectivity index (χ4v) is 4.61. The average molecular weight is 601 g/mol. The maximum atomic E-state index is 12.7. The van der Waals surface area contributed by atoms with Crippen LogP contribution in [0.1, 0.15) is 27.9 Å². The van der Waals surface area contributed by atoms with Crippen molar-refractivity contribution in [2.75, 3.05) is 38.0 Å². The number of anilines is 1. The standard InChI is InChI=1S/C32H36N6O6/c33-30(34)27-20-38(32(42)44-22-24-10-5-2-6-11-24)17-16-37(27)15-14-28(39)36-26-13-7-12-25(18-26)31(41)35-19-29(40)43-21-23-8-3-1-4-9-23/h1-13,18,27H,14-17,19-22H2,(H3,33,34)(H,35,41)(H,36,39). The van der Waals surface area contributed by atoms with E-state index >= 15 is 0 Å². The van der Waals surface area contributed by atoms with Crippen LogP contribution in [-0.2, 0) is 32.3 Å². The Labute approximate surface area is 255 Å². The van der Waals surface area contributed by atoms with E-state index in [9.17, 15) is 19.2 Å². The molecule has 12 heteroatoms. The van der Waals surface area contributed by atoms with Gasteiger partial charge in [-0.15, -0.1) is 0 Å². The molecule has 1 aliphatic heterocycles. The summed E-state index contributed by atoms with van der Waals surface area (Å²) in [4.78, 5) is 53.4. The molecule has 1 unspecified atom stereocenters. The summed E-state index contributed by atoms with van der Waals surface area (Å²) in [7, 11) is 0. The van der Waals surface area contributed by atoms with E-state index in [2.05, 4.69) is 10.6 Å². The van der Waals surface area contributed by atoms with Gasteiger partial charge in [-0.05, 0) is 29.3 Å². The molecule has 0 aliphatic carbocycles. The Bertz CT molecular complexity index is 1450. The lowest BCUT2D eigenvalue weighted by Crippen LogP contribution is -2.59. The monoisotopic (exact) mass is 600 g/mol. The van der Waals surface area contributed by atoms with Crippen molar-refractivity contribution in [2.24, 2.45) is 5.73 Å². The average Bonchev–Trinajstić information content (AvgIpc) is 3.05. The van der Waals surface area contributed by atoms with Crippen LogP contribution < -0.4 is 16.4 Å². The molecule has 1 aliphatic rings. The number of benzene rings is 3. The van der Waals surface area contributed by atoms with Gasteiger partial charge in [0.05, 0.1) is 6.04 Å². The molecule has 44 heavy (non-hydrogen) atoms. The van der Waals surface area contributed by atoms with Gasteiger partial charge in [-0.2, -0.15) is 0 Å². The van der Waals surface area contributed by atoms with Crippen molar-refractivity contribution in [3.05, 3.63) is 102 Å². The molecule has 3 amide bonds. The second-order valence-corrected chi connectivity index (χ2v) is 10.2. The maximum Gasteiger partial charge on any atom is 0.410 e. The number of carbonyl (C=O) groups is 4. The first-order chi connectivity index (χ1) is 21.3. The molecule has 1 atom stereocenters. The van der Waals surface area contributed by atoms with Crippen LogP contribution in [0.3, 0.4) is 0 Å². The molecule has 1 saturated heterocycles. The van der Waals surface area contributed by atoms with Crippen LogP contribution in [0.5, 0.6) is 0 Å². The molecule has 0 bridgehead atoms. The third-order valence-electron chi connectivity index (χ3n) is 6.98. The molecule has 0 saturated carbocycles. The van der Waals surface area contributed by atoms with E-state index in [1.54, 1.807) is 18.2 Å². The van der Waals surface area contributed by atoms with Gasteiger partial charge in [-0.1, -0.05) is 66.7 Å². The smallest absolute Gasteiger partial charge is 0.410 e. The highest BCUT2D eigenvalue weighted by molar-refractivity contribution is 5.98. The molecule has 12 nitrogen and oxygen atoms in total. The lowest BCUT2D eigenvalue weighted by atomic mass is 10.1. The number of nitrogens with two attached hydrogens (primary N) is 1. The summed E-state index contributed by atoms with van der Waals surface area (Å²) in [6.45, 7) is 1.25. The van der Waals surface area contributed by atoms with Gasteiger partial charge in [-0.25, -0.2) is 4.79 Å². The molecule has 3 aromatic rings. The zero-order valence-corrected chi connectivity index (χ0v) is 24.2. The highest BCUT2D eigenvalue weighted by atomic mass is 16.6. The number of esters is 1. The first-order valence-corrected chi connectivity index (χ1v) is 14.2. The topological polar surface area (TPSA) is 167 Å². The molecule has 3 aromatic carbocycles. The van der Waals surface area contributed by atoms with Crippen LogP contribution in [0.15, 0.2) is 84.9 Å². The summed E-state index contributed by atoms with van der Waals surface area (Å²) in [5.41, 5.74) is 8.25. The Morgan fingerprint density at radius 2 is 1.52 bits per heavy atom. The normalized spacial score (nSPS) is 14.7. The van der Waals surface area contributed by atoms with E-state index in [0.717, 1.165) is 11.1 Å². The Morgan fingerprint density at radius 1 is 0.864 bits per heavy atom. The largest absolute Gasteiger partial charge is 0.460 e. The van der Waals surface area contributed by atoms with Gasteiger partial charge in [0, 0.05) is 43.9 Å². The van der Waals surface area contributed by atoms with E-state index < -0.39 is 24.0 Å². The second kappa shape index (κ2) is 15.8. The van der Waals surface area contributed by atoms with E-state index in [0.29, 0.717) is 25.3 Å². The lowest BCUT2D eigenvalue weighted by molar-refractivity contribution is -0.143. The molecule has 0 spiro atoms. The van der Waals surface area contributed by atoms with Gasteiger partial charge >= 0.3 is 12.1 Å². The number of amidine groups is 1. The number of piperazine rings is 1. The number of carbonyl (C=O) groups excluding carboxylic acids is 4. The predicted octanol–water partition coefficient (Wildman–Crippen LogP) is 2.75. The summed E-state index contributed by atoms with van der Waals surface area (Å²) in [5, 5.41) is 13.3. The molecule has 0 aromatic heterocycles. The van der Waals surface area contributed by atoms with Crippen LogP contribution in [0, 0.1) is 5.41 Å². The summed E-state index contributed by atoms with van der Waals surface area (Å²) in [5.74, 6) is -1.45. The Kier molecular flexibility index (Phi) is 11.4. The molecular formula is C32H36N6O6. The highest BCUT2D eigenvalue weighted by Crippen LogP contribution is 2.15. The van der Waals surface area contributed by atoms with Crippen LogP contribution >= 0.6 is 0 Å². The van der Waals surface area contributed by atoms with Crippen LogP contribution in [0.2, 0.25) is 0 Å². The summed E-state index contributed by atoms with van der Waals surface area (Å²) in [6, 6.07) is 24.4. The second-order valence-electron chi connectivity index (χ2n) is 10.2. The first-order valence-electron chi connectivity index (χ1n) is 14.2. The number of hydrogen-bond acceptors (Lipinski definition) is 8. The number of rotatable bonds is 12. The van der Waals surface area contributed by atoms with Gasteiger partial charge in [0.2, 0.25) is 5.91 Å². The molecular weight excluding hydrogens is 564 g/mol. The molecule has 0 radical (unpaired) electrons. The fraction of sp³-hybridized carbons (Fsp3) is 0.281. The van der Waals surface area contributed by atoms with Crippen LogP contribution in [0.4, 0.5) is 10.5 Å². The quantitative estimate of drug-likeness (QED) is 0.140. The molecule has 1 fully saturated rings. The molecule has 230 valence electrons. The minimum atomic E-state index is -0.569. The Hall–Kier alpha value is -5.23. The van der Waals surface area contributed by atoms with Gasteiger partial charge in [0.1, 0.15) is 25.6 Å². The van der Waals surface area contributed by atoms with E-state index in [-0.39, 0.29) is 50.0 Å². The Morgan fingerprint density at radius 3 is 2.18 bits per heavy atom. The number of nitrogens with one attached hydrogen (secondary N) is 3. The van der Waals surface area contributed by atoms with Gasteiger partial charge in [0.15, 0.2) is 0 Å². The highest BCUT2D eigenvalue weighted by Gasteiger charge is 2.32. The molecule has 1 heterocycles. The summed E-state index contributed by atoms with van der Waals surface area (Å²) in [6.07, 6.45) is -0.378. The number of ether oxygens (including phenoxy) is 2. The Balaban J connectivity index is 1.20. The fourth-order valence-electron chi connectivity index (χ4n) is 4.61. The predicted molar refractivity (Wildman–Crippen MR) is 164 cm³/mol. The van der Waals surface area contributed by atoms with Crippen molar-refractivity contribution >= 4 is 35.4 Å². The van der Waals surface area contributed by atoms with Crippen LogP contribution in [-0.4, -0.2) is 78.3 Å². The van der Waals surface area contributed by atoms with Gasteiger partial charge in [-0.3, -0.25) is 24.7 Å². The van der Waals surface area contributed by atoms with Crippen molar-refractivity contribution in [3.63, 3.8) is 0 Å². The van der Waals surface area contributed by atoms with E-state index in [4.69, 9.17) is 20.6 Å². The number of amides is 3. The number of hydrogen-bond donors (Lipinski definition) is 4. The van der Waals surface area contributed by atoms with E-state index in [1.165, 1.54) is 11.0 Å². The van der Waals surface area contributed by atoms with Crippen molar-refractivity contribution in [3.8, 4) is 0 Å². The number of nitrogens with zero attached hydrogens (tertiary/aromatic N) is 2. The van der Waals surface area contributed by atoms with Gasteiger partial charge in [0.25, 0.3) is 5.91 Å². The van der Waals surface area contributed by atoms with Gasteiger partial charge < -0.3 is 30.7 Å². The molecule has 5 N–H and O–H groups in total. The van der Waals surface area contributed by atoms with Crippen LogP contribution in [0.25, 0.3) is 0 Å². The van der Waals surface area contributed by atoms with Crippen molar-refractivity contribution < 1.29 is 28.7 Å². The van der Waals surface area contributed by atoms with Crippen molar-refractivity contribution in [1.29, 1.82) is 5.41 Å².